The summed E-state index contributed by atoms with van der Waals surface area (Å²) in [7, 11) is 0. The Balaban J connectivity index is 1.14. The number of aryl methyl sites for hydroxylation is 3. The van der Waals surface area contributed by atoms with Crippen LogP contribution < -0.4 is 14.2 Å². The first-order valence-corrected chi connectivity index (χ1v) is 13.6. The number of hydrogen-bond donors (Lipinski definition) is 0. The molecular weight excluding hydrogens is 510 g/mol. The van der Waals surface area contributed by atoms with Crippen LogP contribution in [0.5, 0.6) is 23.0 Å². The molecule has 0 unspecified atom stereocenters. The van der Waals surface area contributed by atoms with Gasteiger partial charge in [-0.15, -0.1) is 0 Å². The van der Waals surface area contributed by atoms with Crippen molar-refractivity contribution in [2.45, 2.75) is 52.5 Å². The Labute approximate surface area is 233 Å². The standard InChI is InChI=1S/C31H33N3O6/c1-20-8-9-25(15-21(20)2)40-30-17-24(10-11-28(30)34(36)37)38-13-4-5-14-39-29-18-27-26(16-22(29)3)31(35)33-12-6-7-23(33)19-32-27/h8-11,15-19,23H,4-7,12-14H2,1-3H3/t23-/m0/s1. The van der Waals surface area contributed by atoms with Gasteiger partial charge in [0.2, 0.25) is 5.75 Å². The molecule has 1 amide bonds. The topological polar surface area (TPSA) is 104 Å². The lowest BCUT2D eigenvalue weighted by atomic mass is 10.1. The molecule has 0 spiro atoms. The van der Waals surface area contributed by atoms with Crippen molar-refractivity contribution in [1.29, 1.82) is 0 Å². The molecule has 1 saturated heterocycles. The third-order valence-corrected chi connectivity index (χ3v) is 7.37. The summed E-state index contributed by atoms with van der Waals surface area (Å²) in [5, 5.41) is 11.5. The summed E-state index contributed by atoms with van der Waals surface area (Å²) in [4.78, 5) is 30.5. The van der Waals surface area contributed by atoms with Crippen molar-refractivity contribution < 1.29 is 23.9 Å². The summed E-state index contributed by atoms with van der Waals surface area (Å²) in [5.74, 6) is 1.92. The Morgan fingerprint density at radius 1 is 0.925 bits per heavy atom. The van der Waals surface area contributed by atoms with Gasteiger partial charge in [-0.05, 0) is 87.4 Å². The van der Waals surface area contributed by atoms with Crippen molar-refractivity contribution in [3.8, 4) is 23.0 Å². The SMILES string of the molecule is Cc1ccc(Oc2cc(OCCCCOc3cc4c(cc3C)C(=O)N3CCC[C@H]3C=N4)ccc2[N+](=O)[O-])cc1C. The predicted molar refractivity (Wildman–Crippen MR) is 153 cm³/mol. The van der Waals surface area contributed by atoms with Gasteiger partial charge in [0.15, 0.2) is 0 Å². The zero-order valence-corrected chi connectivity index (χ0v) is 23.0. The molecular formula is C31H33N3O6. The zero-order chi connectivity index (χ0) is 28.2. The lowest BCUT2D eigenvalue weighted by Gasteiger charge is -2.20. The van der Waals surface area contributed by atoms with Crippen LogP contribution in [-0.4, -0.2) is 47.7 Å². The highest BCUT2D eigenvalue weighted by Crippen LogP contribution is 2.36. The summed E-state index contributed by atoms with van der Waals surface area (Å²) in [6.07, 6.45) is 5.31. The van der Waals surface area contributed by atoms with Gasteiger partial charge in [-0.3, -0.25) is 19.9 Å². The lowest BCUT2D eigenvalue weighted by molar-refractivity contribution is -0.385. The Kier molecular flexibility index (Phi) is 8.00. The maximum atomic E-state index is 13.0. The minimum absolute atomic E-state index is 0.0376. The third-order valence-electron chi connectivity index (χ3n) is 7.37. The van der Waals surface area contributed by atoms with Crippen molar-refractivity contribution in [2.75, 3.05) is 19.8 Å². The molecule has 2 aliphatic rings. The monoisotopic (exact) mass is 543 g/mol. The molecule has 0 aromatic heterocycles. The molecule has 0 radical (unpaired) electrons. The van der Waals surface area contributed by atoms with Crippen molar-refractivity contribution in [1.82, 2.24) is 4.90 Å². The molecule has 0 bridgehead atoms. The highest BCUT2D eigenvalue weighted by atomic mass is 16.6. The molecule has 208 valence electrons. The fourth-order valence-corrected chi connectivity index (χ4v) is 4.93. The molecule has 2 heterocycles. The first-order valence-electron chi connectivity index (χ1n) is 13.6. The van der Waals surface area contributed by atoms with Crippen LogP contribution >= 0.6 is 0 Å². The molecule has 2 aliphatic heterocycles. The summed E-state index contributed by atoms with van der Waals surface area (Å²) in [5.41, 5.74) is 4.21. The second-order valence-corrected chi connectivity index (χ2v) is 10.3. The van der Waals surface area contributed by atoms with Crippen LogP contribution in [0.2, 0.25) is 0 Å². The predicted octanol–water partition coefficient (Wildman–Crippen LogP) is 6.87. The summed E-state index contributed by atoms with van der Waals surface area (Å²) in [6, 6.07) is 13.9. The van der Waals surface area contributed by atoms with E-state index in [0.717, 1.165) is 54.7 Å². The van der Waals surface area contributed by atoms with Crippen molar-refractivity contribution >= 4 is 23.5 Å². The summed E-state index contributed by atoms with van der Waals surface area (Å²) >= 11 is 0. The fraction of sp³-hybridized carbons (Fsp3) is 0.355. The highest BCUT2D eigenvalue weighted by molar-refractivity contribution is 6.03. The largest absolute Gasteiger partial charge is 0.493 e. The molecule has 0 N–H and O–H groups in total. The van der Waals surface area contributed by atoms with Crippen molar-refractivity contribution in [3.63, 3.8) is 0 Å². The van der Waals surface area contributed by atoms with E-state index < -0.39 is 4.92 Å². The summed E-state index contributed by atoms with van der Waals surface area (Å²) < 4.78 is 17.7. The van der Waals surface area contributed by atoms with Crippen molar-refractivity contribution in [2.24, 2.45) is 4.99 Å². The number of hydrogen-bond acceptors (Lipinski definition) is 7. The van der Waals surface area contributed by atoms with E-state index in [1.807, 2.05) is 56.2 Å². The van der Waals surface area contributed by atoms with Crippen LogP contribution in [-0.2, 0) is 0 Å². The van der Waals surface area contributed by atoms with Gasteiger partial charge < -0.3 is 19.1 Å². The minimum Gasteiger partial charge on any atom is -0.493 e. The van der Waals surface area contributed by atoms with E-state index in [4.69, 9.17) is 14.2 Å². The number of aliphatic imine (C=N–C) groups is 1. The van der Waals surface area contributed by atoms with Gasteiger partial charge in [-0.1, -0.05) is 6.07 Å². The zero-order valence-electron chi connectivity index (χ0n) is 23.0. The molecule has 1 atom stereocenters. The molecule has 3 aromatic carbocycles. The Morgan fingerprint density at radius 3 is 2.48 bits per heavy atom. The van der Waals surface area contributed by atoms with Gasteiger partial charge in [0.1, 0.15) is 17.2 Å². The average molecular weight is 544 g/mol. The van der Waals surface area contributed by atoms with Crippen LogP contribution in [0, 0.1) is 30.9 Å². The highest BCUT2D eigenvalue weighted by Gasteiger charge is 2.32. The van der Waals surface area contributed by atoms with Crippen LogP contribution in [0.25, 0.3) is 0 Å². The van der Waals surface area contributed by atoms with E-state index in [9.17, 15) is 14.9 Å². The van der Waals surface area contributed by atoms with E-state index in [1.165, 1.54) is 6.07 Å². The number of unbranched alkanes of at least 4 members (excludes halogenated alkanes) is 1. The average Bonchev–Trinajstić information content (AvgIpc) is 3.36. The number of nitro groups is 1. The molecule has 40 heavy (non-hydrogen) atoms. The number of carbonyl (C=O) groups is 1. The van der Waals surface area contributed by atoms with E-state index in [-0.39, 0.29) is 23.4 Å². The second kappa shape index (κ2) is 11.8. The van der Waals surface area contributed by atoms with Crippen LogP contribution in [0.1, 0.15) is 52.7 Å². The number of amides is 1. The smallest absolute Gasteiger partial charge is 0.311 e. The molecule has 0 saturated carbocycles. The number of nitrogens with zero attached hydrogens (tertiary/aromatic N) is 3. The number of ether oxygens (including phenoxy) is 3. The molecule has 5 rings (SSSR count). The number of fused-ring (bicyclic) bond motifs is 2. The van der Waals surface area contributed by atoms with Gasteiger partial charge in [0.25, 0.3) is 5.91 Å². The molecule has 0 aliphatic carbocycles. The molecule has 3 aromatic rings. The quantitative estimate of drug-likeness (QED) is 0.157. The first-order chi connectivity index (χ1) is 19.3. The van der Waals surface area contributed by atoms with E-state index >= 15 is 0 Å². The van der Waals surface area contributed by atoms with Crippen molar-refractivity contribution in [3.05, 3.63) is 80.9 Å². The normalized spacial score (nSPS) is 15.8. The fourth-order valence-electron chi connectivity index (χ4n) is 4.93. The van der Waals surface area contributed by atoms with Crippen LogP contribution in [0.4, 0.5) is 11.4 Å². The number of benzene rings is 3. The third kappa shape index (κ3) is 5.93. The number of nitro benzene ring substituents is 1. The van der Waals surface area contributed by atoms with E-state index in [0.29, 0.717) is 36.0 Å². The second-order valence-electron chi connectivity index (χ2n) is 10.3. The Morgan fingerprint density at radius 2 is 1.70 bits per heavy atom. The molecule has 9 heteroatoms. The maximum absolute atomic E-state index is 13.0. The first kappa shape index (κ1) is 27.2. The van der Waals surface area contributed by atoms with Gasteiger partial charge in [-0.2, -0.15) is 0 Å². The number of carbonyl (C=O) groups excluding carboxylic acids is 1. The van der Waals surface area contributed by atoms with Crippen LogP contribution in [0.3, 0.4) is 0 Å². The van der Waals surface area contributed by atoms with E-state index in [1.54, 1.807) is 18.2 Å². The van der Waals surface area contributed by atoms with E-state index in [2.05, 4.69) is 4.99 Å². The maximum Gasteiger partial charge on any atom is 0.311 e. The minimum atomic E-state index is -0.466. The Hall–Kier alpha value is -4.40. The van der Waals surface area contributed by atoms with Crippen LogP contribution in [0.15, 0.2) is 53.5 Å². The Bertz CT molecular complexity index is 1470. The molecule has 9 nitrogen and oxygen atoms in total. The van der Waals surface area contributed by atoms with Gasteiger partial charge in [0.05, 0.1) is 35.4 Å². The van der Waals surface area contributed by atoms with Gasteiger partial charge in [-0.25, -0.2) is 0 Å². The lowest BCUT2D eigenvalue weighted by Crippen LogP contribution is -2.35. The van der Waals surface area contributed by atoms with Gasteiger partial charge >= 0.3 is 5.69 Å². The van der Waals surface area contributed by atoms with Gasteiger partial charge in [0, 0.05) is 31.0 Å². The number of rotatable bonds is 10. The summed E-state index contributed by atoms with van der Waals surface area (Å²) in [6.45, 7) is 7.57. The molecule has 1 fully saturated rings.